The Morgan fingerprint density at radius 2 is 1.52 bits per heavy atom. The number of hydrogen-bond donors (Lipinski definition) is 1. The maximum Gasteiger partial charge on any atom is 0.233 e. The largest absolute Gasteiger partial charge is 0.390 e. The highest BCUT2D eigenvalue weighted by Gasteiger charge is 2.27. The van der Waals surface area contributed by atoms with Crippen LogP contribution in [0.2, 0.25) is 0 Å². The van der Waals surface area contributed by atoms with Crippen molar-refractivity contribution < 1.29 is 24.3 Å². The molecule has 2 rings (SSSR count). The van der Waals surface area contributed by atoms with E-state index in [2.05, 4.69) is 0 Å². The SMILES string of the molecule is CC(CN(C=O)OCc1ccccc1)C(O)C(C=O)OCc1ccccc1. The highest BCUT2D eigenvalue weighted by Crippen LogP contribution is 2.14. The number of amides is 1. The van der Waals surface area contributed by atoms with Crippen molar-refractivity contribution in [2.45, 2.75) is 32.3 Å². The maximum atomic E-state index is 11.3. The van der Waals surface area contributed by atoms with Gasteiger partial charge in [0, 0.05) is 5.92 Å². The van der Waals surface area contributed by atoms with Gasteiger partial charge in [-0.15, -0.1) is 0 Å². The fraction of sp³-hybridized carbons (Fsp3) is 0.333. The van der Waals surface area contributed by atoms with Crippen LogP contribution in [-0.2, 0) is 32.4 Å². The zero-order valence-electron chi connectivity index (χ0n) is 15.3. The second kappa shape index (κ2) is 11.2. The van der Waals surface area contributed by atoms with Crippen molar-refractivity contribution in [2.24, 2.45) is 5.92 Å². The lowest BCUT2D eigenvalue weighted by molar-refractivity contribution is -0.186. The van der Waals surface area contributed by atoms with Gasteiger partial charge in [-0.1, -0.05) is 67.6 Å². The first-order valence-corrected chi connectivity index (χ1v) is 8.81. The van der Waals surface area contributed by atoms with Crippen molar-refractivity contribution in [3.8, 4) is 0 Å². The van der Waals surface area contributed by atoms with E-state index >= 15 is 0 Å². The minimum atomic E-state index is -1.06. The minimum Gasteiger partial charge on any atom is -0.390 e. The van der Waals surface area contributed by atoms with Gasteiger partial charge in [0.2, 0.25) is 6.41 Å². The predicted molar refractivity (Wildman–Crippen MR) is 100 cm³/mol. The van der Waals surface area contributed by atoms with Gasteiger partial charge in [-0.3, -0.25) is 9.63 Å². The molecule has 144 valence electrons. The number of aliphatic hydroxyl groups excluding tert-OH is 1. The number of aliphatic hydroxyl groups is 1. The van der Waals surface area contributed by atoms with Crippen LogP contribution < -0.4 is 0 Å². The Hall–Kier alpha value is -2.54. The third kappa shape index (κ3) is 6.94. The molecule has 1 N–H and O–H groups in total. The second-order valence-electron chi connectivity index (χ2n) is 6.33. The first-order chi connectivity index (χ1) is 13.1. The molecule has 1 amide bonds. The number of hydroxylamine groups is 2. The summed E-state index contributed by atoms with van der Waals surface area (Å²) in [5, 5.41) is 11.6. The summed E-state index contributed by atoms with van der Waals surface area (Å²) in [6, 6.07) is 18.8. The lowest BCUT2D eigenvalue weighted by atomic mass is 10.00. The molecule has 2 aromatic rings. The first kappa shape index (κ1) is 20.8. The fourth-order valence-corrected chi connectivity index (χ4v) is 2.56. The molecule has 0 fully saturated rings. The Morgan fingerprint density at radius 1 is 0.963 bits per heavy atom. The molecule has 0 bridgehead atoms. The molecule has 0 aliphatic carbocycles. The molecular weight excluding hydrogens is 346 g/mol. The van der Waals surface area contributed by atoms with Crippen LogP contribution in [0.25, 0.3) is 0 Å². The Bertz CT molecular complexity index is 679. The monoisotopic (exact) mass is 371 g/mol. The van der Waals surface area contributed by atoms with Crippen LogP contribution in [0.15, 0.2) is 60.7 Å². The Balaban J connectivity index is 1.84. The zero-order valence-corrected chi connectivity index (χ0v) is 15.3. The van der Waals surface area contributed by atoms with Crippen molar-refractivity contribution >= 4 is 12.7 Å². The van der Waals surface area contributed by atoms with Crippen LogP contribution in [0.5, 0.6) is 0 Å². The highest BCUT2D eigenvalue weighted by molar-refractivity contribution is 5.57. The van der Waals surface area contributed by atoms with Crippen LogP contribution in [0, 0.1) is 5.92 Å². The molecule has 0 saturated carbocycles. The molecule has 6 heteroatoms. The first-order valence-electron chi connectivity index (χ1n) is 8.81. The summed E-state index contributed by atoms with van der Waals surface area (Å²) in [7, 11) is 0. The average molecular weight is 371 g/mol. The van der Waals surface area contributed by atoms with Gasteiger partial charge < -0.3 is 14.6 Å². The molecule has 0 heterocycles. The highest BCUT2D eigenvalue weighted by atomic mass is 16.7. The lowest BCUT2D eigenvalue weighted by Crippen LogP contribution is -2.41. The van der Waals surface area contributed by atoms with E-state index in [0.717, 1.165) is 16.2 Å². The molecule has 3 unspecified atom stereocenters. The Morgan fingerprint density at radius 3 is 2.04 bits per heavy atom. The number of nitrogens with zero attached hydrogens (tertiary/aromatic N) is 1. The summed E-state index contributed by atoms with van der Waals surface area (Å²) < 4.78 is 5.54. The van der Waals surface area contributed by atoms with E-state index in [1.54, 1.807) is 6.92 Å². The smallest absolute Gasteiger partial charge is 0.233 e. The average Bonchev–Trinajstić information content (AvgIpc) is 2.72. The van der Waals surface area contributed by atoms with Gasteiger partial charge in [0.15, 0.2) is 6.29 Å². The predicted octanol–water partition coefficient (Wildman–Crippen LogP) is 2.36. The van der Waals surface area contributed by atoms with Gasteiger partial charge in [-0.2, -0.15) is 0 Å². The van der Waals surface area contributed by atoms with Crippen molar-refractivity contribution in [1.82, 2.24) is 5.06 Å². The molecule has 0 spiro atoms. The van der Waals surface area contributed by atoms with Crippen molar-refractivity contribution in [3.05, 3.63) is 71.8 Å². The molecule has 0 aliphatic rings. The van der Waals surface area contributed by atoms with E-state index in [1.807, 2.05) is 60.7 Å². The number of ether oxygens (including phenoxy) is 1. The summed E-state index contributed by atoms with van der Waals surface area (Å²) in [5.41, 5.74) is 1.83. The minimum absolute atomic E-state index is 0.135. The molecule has 0 radical (unpaired) electrons. The number of hydrogen-bond acceptors (Lipinski definition) is 5. The van der Waals surface area contributed by atoms with Gasteiger partial charge in [-0.25, -0.2) is 5.06 Å². The van der Waals surface area contributed by atoms with Gasteiger partial charge in [0.25, 0.3) is 0 Å². The van der Waals surface area contributed by atoms with Crippen molar-refractivity contribution in [1.29, 1.82) is 0 Å². The molecule has 0 aromatic heterocycles. The van der Waals surface area contributed by atoms with E-state index in [-0.39, 0.29) is 19.8 Å². The van der Waals surface area contributed by atoms with Gasteiger partial charge in [0.05, 0.1) is 19.3 Å². The molecule has 3 atom stereocenters. The third-order valence-corrected chi connectivity index (χ3v) is 4.16. The van der Waals surface area contributed by atoms with E-state index in [9.17, 15) is 14.7 Å². The summed E-state index contributed by atoms with van der Waals surface area (Å²) in [4.78, 5) is 28.1. The van der Waals surface area contributed by atoms with Gasteiger partial charge >= 0.3 is 0 Å². The zero-order chi connectivity index (χ0) is 19.5. The van der Waals surface area contributed by atoms with Gasteiger partial charge in [0.1, 0.15) is 12.7 Å². The standard InChI is InChI=1S/C21H25NO5/c1-17(12-22(16-24)27-15-19-10-6-3-7-11-19)21(25)20(13-23)26-14-18-8-4-2-5-9-18/h2-11,13,16-17,20-21,25H,12,14-15H2,1H3. The summed E-state index contributed by atoms with van der Waals surface area (Å²) in [6.07, 6.45) is -0.899. The van der Waals surface area contributed by atoms with E-state index in [1.165, 1.54) is 0 Å². The van der Waals surface area contributed by atoms with Crippen LogP contribution >= 0.6 is 0 Å². The molecular formula is C21H25NO5. The van der Waals surface area contributed by atoms with E-state index in [0.29, 0.717) is 12.7 Å². The number of rotatable bonds is 12. The molecule has 0 saturated heterocycles. The van der Waals surface area contributed by atoms with Crippen LogP contribution in [0.1, 0.15) is 18.1 Å². The number of carbonyl (C=O) groups is 2. The number of benzene rings is 2. The molecule has 0 aliphatic heterocycles. The van der Waals surface area contributed by atoms with E-state index in [4.69, 9.17) is 9.57 Å². The summed E-state index contributed by atoms with van der Waals surface area (Å²) in [5.74, 6) is -0.419. The fourth-order valence-electron chi connectivity index (χ4n) is 2.56. The van der Waals surface area contributed by atoms with Crippen molar-refractivity contribution in [2.75, 3.05) is 6.54 Å². The summed E-state index contributed by atoms with van der Waals surface area (Å²) >= 11 is 0. The van der Waals surface area contributed by atoms with Crippen molar-refractivity contribution in [3.63, 3.8) is 0 Å². The quantitative estimate of drug-likeness (QED) is 0.458. The number of aldehydes is 1. The van der Waals surface area contributed by atoms with Crippen LogP contribution in [0.4, 0.5) is 0 Å². The Kier molecular flexibility index (Phi) is 8.64. The number of carbonyl (C=O) groups excluding carboxylic acids is 2. The topological polar surface area (TPSA) is 76.1 Å². The Labute approximate surface area is 159 Å². The molecule has 2 aromatic carbocycles. The maximum absolute atomic E-state index is 11.3. The molecule has 27 heavy (non-hydrogen) atoms. The second-order valence-corrected chi connectivity index (χ2v) is 6.33. The summed E-state index contributed by atoms with van der Waals surface area (Å²) in [6.45, 7) is 2.33. The molecule has 6 nitrogen and oxygen atoms in total. The lowest BCUT2D eigenvalue weighted by Gasteiger charge is -2.27. The van der Waals surface area contributed by atoms with Crippen LogP contribution in [-0.4, -0.2) is 41.6 Å². The normalized spacial score (nSPS) is 14.1. The van der Waals surface area contributed by atoms with Gasteiger partial charge in [-0.05, 0) is 11.1 Å². The van der Waals surface area contributed by atoms with Crippen LogP contribution in [0.3, 0.4) is 0 Å². The van der Waals surface area contributed by atoms with E-state index < -0.39 is 18.1 Å². The third-order valence-electron chi connectivity index (χ3n) is 4.16.